The lowest BCUT2D eigenvalue weighted by molar-refractivity contribution is -0.163. The van der Waals surface area contributed by atoms with Crippen molar-refractivity contribution in [2.45, 2.75) is 25.0 Å². The molecule has 1 aliphatic carbocycles. The molecule has 1 fully saturated rings. The van der Waals surface area contributed by atoms with Crippen molar-refractivity contribution in [3.8, 4) is 5.88 Å². The molecule has 0 radical (unpaired) electrons. The van der Waals surface area contributed by atoms with E-state index in [0.717, 1.165) is 29.5 Å². The van der Waals surface area contributed by atoms with E-state index >= 15 is 0 Å². The number of nitrogens with zero attached hydrogens (tertiary/aromatic N) is 2. The molecule has 1 aliphatic heterocycles. The number of ether oxygens (including phenoxy) is 3. The second-order valence-corrected chi connectivity index (χ2v) is 5.93. The van der Waals surface area contributed by atoms with E-state index in [1.165, 1.54) is 10.4 Å². The highest BCUT2D eigenvalue weighted by atomic mass is 32.1. The van der Waals surface area contributed by atoms with Gasteiger partial charge in [-0.15, -0.1) is 11.3 Å². The van der Waals surface area contributed by atoms with Crippen LogP contribution in [0.15, 0.2) is 6.33 Å². The number of rotatable bonds is 1. The van der Waals surface area contributed by atoms with Crippen LogP contribution in [-0.4, -0.2) is 36.1 Å². The minimum absolute atomic E-state index is 0.394. The van der Waals surface area contributed by atoms with Crippen molar-refractivity contribution in [2.24, 2.45) is 0 Å². The first-order chi connectivity index (χ1) is 9.31. The smallest absolute Gasteiger partial charge is 0.225 e. The molecule has 2 aliphatic rings. The van der Waals surface area contributed by atoms with Gasteiger partial charge in [-0.2, -0.15) is 0 Å². The first kappa shape index (κ1) is 11.6. The van der Waals surface area contributed by atoms with Crippen LogP contribution in [0.25, 0.3) is 10.2 Å². The van der Waals surface area contributed by atoms with Crippen molar-refractivity contribution < 1.29 is 14.2 Å². The van der Waals surface area contributed by atoms with Crippen molar-refractivity contribution in [3.05, 3.63) is 16.8 Å². The molecule has 2 aromatic rings. The van der Waals surface area contributed by atoms with Gasteiger partial charge in [-0.3, -0.25) is 0 Å². The molecule has 4 rings (SSSR count). The zero-order valence-electron chi connectivity index (χ0n) is 10.6. The fourth-order valence-electron chi connectivity index (χ4n) is 2.96. The third-order valence-corrected chi connectivity index (χ3v) is 4.97. The van der Waals surface area contributed by atoms with E-state index < -0.39 is 5.79 Å². The van der Waals surface area contributed by atoms with Crippen LogP contribution < -0.4 is 4.74 Å². The SMILES string of the molecule is COc1ncnc2sc3c(c12)CCC1(C3)OCCO1. The molecule has 0 atom stereocenters. The van der Waals surface area contributed by atoms with Gasteiger partial charge in [0.25, 0.3) is 0 Å². The Balaban J connectivity index is 1.84. The minimum Gasteiger partial charge on any atom is -0.480 e. The van der Waals surface area contributed by atoms with Crippen LogP contribution in [0.2, 0.25) is 0 Å². The second kappa shape index (κ2) is 4.13. The van der Waals surface area contributed by atoms with Crippen molar-refractivity contribution in [3.63, 3.8) is 0 Å². The number of hydrogen-bond donors (Lipinski definition) is 0. The maximum Gasteiger partial charge on any atom is 0.225 e. The van der Waals surface area contributed by atoms with Gasteiger partial charge >= 0.3 is 0 Å². The Hall–Kier alpha value is -1.24. The van der Waals surface area contributed by atoms with Gasteiger partial charge in [-0.25, -0.2) is 9.97 Å². The van der Waals surface area contributed by atoms with Gasteiger partial charge < -0.3 is 14.2 Å². The standard InChI is InChI=1S/C13H14N2O3S/c1-16-11-10-8-2-3-13(17-4-5-18-13)6-9(8)19-12(10)15-7-14-11/h7H,2-6H2,1H3. The Bertz CT molecular complexity index is 634. The van der Waals surface area contributed by atoms with E-state index in [1.54, 1.807) is 24.8 Å². The van der Waals surface area contributed by atoms with Gasteiger partial charge in [-0.1, -0.05) is 0 Å². The number of methoxy groups -OCH3 is 1. The normalized spacial score (nSPS) is 20.9. The Morgan fingerprint density at radius 3 is 2.95 bits per heavy atom. The molecule has 0 saturated carbocycles. The topological polar surface area (TPSA) is 53.5 Å². The van der Waals surface area contributed by atoms with Gasteiger partial charge in [0.15, 0.2) is 5.79 Å². The molecule has 0 N–H and O–H groups in total. The predicted molar refractivity (Wildman–Crippen MR) is 70.6 cm³/mol. The van der Waals surface area contributed by atoms with Crippen molar-refractivity contribution >= 4 is 21.6 Å². The molecule has 100 valence electrons. The van der Waals surface area contributed by atoms with Gasteiger partial charge in [0.05, 0.1) is 25.7 Å². The number of fused-ring (bicyclic) bond motifs is 3. The van der Waals surface area contributed by atoms with Crippen molar-refractivity contribution in [1.29, 1.82) is 0 Å². The summed E-state index contributed by atoms with van der Waals surface area (Å²) in [6.07, 6.45) is 4.19. The summed E-state index contributed by atoms with van der Waals surface area (Å²) in [5.41, 5.74) is 1.31. The Kier molecular flexibility index (Phi) is 2.51. The molecule has 2 aromatic heterocycles. The van der Waals surface area contributed by atoms with Crippen LogP contribution in [0.3, 0.4) is 0 Å². The van der Waals surface area contributed by atoms with Crippen LogP contribution >= 0.6 is 11.3 Å². The molecule has 5 nitrogen and oxygen atoms in total. The predicted octanol–water partition coefficient (Wildman–Crippen LogP) is 1.93. The first-order valence-corrected chi connectivity index (χ1v) is 7.20. The highest BCUT2D eigenvalue weighted by molar-refractivity contribution is 7.18. The number of hydrogen-bond acceptors (Lipinski definition) is 6. The second-order valence-electron chi connectivity index (χ2n) is 4.85. The van der Waals surface area contributed by atoms with Crippen LogP contribution in [-0.2, 0) is 22.3 Å². The molecule has 0 aromatic carbocycles. The summed E-state index contributed by atoms with van der Waals surface area (Å²) in [6.45, 7) is 1.40. The number of aryl methyl sites for hydroxylation is 1. The van der Waals surface area contributed by atoms with E-state index in [1.807, 2.05) is 0 Å². The monoisotopic (exact) mass is 278 g/mol. The Morgan fingerprint density at radius 1 is 1.32 bits per heavy atom. The molecule has 1 spiro atoms. The molecule has 1 saturated heterocycles. The largest absolute Gasteiger partial charge is 0.480 e. The van der Waals surface area contributed by atoms with E-state index in [0.29, 0.717) is 19.1 Å². The molecular formula is C13H14N2O3S. The quantitative estimate of drug-likeness (QED) is 0.798. The van der Waals surface area contributed by atoms with Crippen LogP contribution in [0.1, 0.15) is 16.9 Å². The summed E-state index contributed by atoms with van der Waals surface area (Å²) in [5.74, 6) is 0.279. The molecule has 0 amide bonds. The van der Waals surface area contributed by atoms with Crippen molar-refractivity contribution in [1.82, 2.24) is 9.97 Å². The fourth-order valence-corrected chi connectivity index (χ4v) is 4.23. The third kappa shape index (κ3) is 1.67. The Morgan fingerprint density at radius 2 is 2.16 bits per heavy atom. The molecule has 6 heteroatoms. The summed E-state index contributed by atoms with van der Waals surface area (Å²) in [5, 5.41) is 1.07. The fraction of sp³-hybridized carbons (Fsp3) is 0.538. The van der Waals surface area contributed by atoms with E-state index in [4.69, 9.17) is 14.2 Å². The van der Waals surface area contributed by atoms with E-state index in [2.05, 4.69) is 9.97 Å². The summed E-state index contributed by atoms with van der Waals surface area (Å²) < 4.78 is 17.0. The third-order valence-electron chi connectivity index (χ3n) is 3.83. The molecule has 3 heterocycles. The zero-order chi connectivity index (χ0) is 12.9. The summed E-state index contributed by atoms with van der Waals surface area (Å²) in [6, 6.07) is 0. The molecule has 19 heavy (non-hydrogen) atoms. The maximum absolute atomic E-state index is 5.81. The zero-order valence-corrected chi connectivity index (χ0v) is 11.5. The van der Waals surface area contributed by atoms with E-state index in [9.17, 15) is 0 Å². The van der Waals surface area contributed by atoms with Gasteiger partial charge in [0.2, 0.25) is 5.88 Å². The molecule has 0 bridgehead atoms. The van der Waals surface area contributed by atoms with Crippen molar-refractivity contribution in [2.75, 3.05) is 20.3 Å². The average Bonchev–Trinajstić information content (AvgIpc) is 3.02. The Labute approximate surface area is 114 Å². The molecular weight excluding hydrogens is 264 g/mol. The maximum atomic E-state index is 5.81. The number of aromatic nitrogens is 2. The van der Waals surface area contributed by atoms with Crippen LogP contribution in [0.5, 0.6) is 5.88 Å². The van der Waals surface area contributed by atoms with E-state index in [-0.39, 0.29) is 0 Å². The average molecular weight is 278 g/mol. The highest BCUT2D eigenvalue weighted by Crippen LogP contribution is 2.43. The summed E-state index contributed by atoms with van der Waals surface area (Å²) in [4.78, 5) is 10.8. The van der Waals surface area contributed by atoms with Gasteiger partial charge in [0, 0.05) is 17.7 Å². The lowest BCUT2D eigenvalue weighted by atomic mass is 9.92. The highest BCUT2D eigenvalue weighted by Gasteiger charge is 2.41. The van der Waals surface area contributed by atoms with Crippen LogP contribution in [0, 0.1) is 0 Å². The van der Waals surface area contributed by atoms with Crippen LogP contribution in [0.4, 0.5) is 0 Å². The summed E-state index contributed by atoms with van der Waals surface area (Å²) >= 11 is 1.70. The lowest BCUT2D eigenvalue weighted by Crippen LogP contribution is -2.36. The van der Waals surface area contributed by atoms with Gasteiger partial charge in [-0.05, 0) is 12.0 Å². The first-order valence-electron chi connectivity index (χ1n) is 6.38. The van der Waals surface area contributed by atoms with Gasteiger partial charge in [0.1, 0.15) is 11.2 Å². The lowest BCUT2D eigenvalue weighted by Gasteiger charge is -2.31. The number of thiophene rings is 1. The summed E-state index contributed by atoms with van der Waals surface area (Å²) in [7, 11) is 1.65. The molecule has 0 unspecified atom stereocenters. The minimum atomic E-state index is -0.394.